The molecule has 1 aromatic carbocycles. The highest BCUT2D eigenvalue weighted by Gasteiger charge is 2.46. The summed E-state index contributed by atoms with van der Waals surface area (Å²) in [5.41, 5.74) is 0.568. The minimum atomic E-state index is -0.428. The van der Waals surface area contributed by atoms with Crippen LogP contribution in [0.3, 0.4) is 0 Å². The number of nitrogens with zero attached hydrogens (tertiary/aromatic N) is 1. The number of ether oxygens (including phenoxy) is 1. The Hall–Kier alpha value is -2.37. The van der Waals surface area contributed by atoms with Gasteiger partial charge in [0.25, 0.3) is 0 Å². The van der Waals surface area contributed by atoms with Crippen LogP contribution in [0.15, 0.2) is 30.3 Å². The predicted molar refractivity (Wildman–Crippen MR) is 79.1 cm³/mol. The van der Waals surface area contributed by atoms with Crippen molar-refractivity contribution >= 4 is 23.6 Å². The molecule has 3 atom stereocenters. The zero-order valence-electron chi connectivity index (χ0n) is 12.3. The molecule has 0 spiro atoms. The van der Waals surface area contributed by atoms with Crippen molar-refractivity contribution in [3.63, 3.8) is 0 Å². The highest BCUT2D eigenvalue weighted by Crippen LogP contribution is 2.34. The van der Waals surface area contributed by atoms with Crippen molar-refractivity contribution in [3.05, 3.63) is 30.3 Å². The van der Waals surface area contributed by atoms with Gasteiger partial charge in [-0.3, -0.25) is 9.59 Å². The van der Waals surface area contributed by atoms with Crippen LogP contribution in [0, 0.1) is 11.8 Å². The van der Waals surface area contributed by atoms with Crippen LogP contribution >= 0.6 is 0 Å². The number of rotatable bonds is 2. The first-order valence-corrected chi connectivity index (χ1v) is 7.39. The molecule has 3 rings (SSSR count). The van der Waals surface area contributed by atoms with Gasteiger partial charge < -0.3 is 10.1 Å². The van der Waals surface area contributed by atoms with Crippen molar-refractivity contribution in [2.75, 3.05) is 12.0 Å². The fraction of sp³-hybridized carbons (Fsp3) is 0.438. The Balaban J connectivity index is 1.80. The number of anilines is 1. The average molecular weight is 302 g/mol. The molecule has 116 valence electrons. The van der Waals surface area contributed by atoms with Gasteiger partial charge in [0.1, 0.15) is 0 Å². The number of imide groups is 1. The quantitative estimate of drug-likeness (QED) is 0.844. The standard InChI is InChI=1S/C16H18N2O4/c1-22-15(20)10-7-8-12-13(9-10)17-16(21)18(14(12)19)11-5-3-2-4-6-11/h2-6,10,12-13H,7-9H2,1H3,(H,17,21). The summed E-state index contributed by atoms with van der Waals surface area (Å²) in [6, 6.07) is 8.16. The molecular weight excluding hydrogens is 284 g/mol. The molecule has 0 aromatic heterocycles. The van der Waals surface area contributed by atoms with E-state index < -0.39 is 6.03 Å². The van der Waals surface area contributed by atoms with E-state index in [0.717, 1.165) is 0 Å². The zero-order valence-corrected chi connectivity index (χ0v) is 12.3. The molecule has 6 heteroatoms. The highest BCUT2D eigenvalue weighted by molar-refractivity contribution is 6.17. The van der Waals surface area contributed by atoms with E-state index in [0.29, 0.717) is 24.9 Å². The third-order valence-electron chi connectivity index (χ3n) is 4.45. The second-order valence-corrected chi connectivity index (χ2v) is 5.70. The molecule has 1 N–H and O–H groups in total. The number of amides is 3. The van der Waals surface area contributed by atoms with Gasteiger partial charge in [-0.25, -0.2) is 9.69 Å². The normalized spacial score (nSPS) is 27.9. The Labute approximate surface area is 128 Å². The Bertz CT molecular complexity index is 601. The molecule has 1 saturated heterocycles. The first-order valence-electron chi connectivity index (χ1n) is 7.39. The molecule has 0 radical (unpaired) electrons. The number of esters is 1. The van der Waals surface area contributed by atoms with Crippen LogP contribution in [0.5, 0.6) is 0 Å². The molecule has 3 amide bonds. The molecule has 1 aliphatic heterocycles. The summed E-state index contributed by atoms with van der Waals surface area (Å²) in [7, 11) is 1.36. The van der Waals surface area contributed by atoms with E-state index in [1.807, 2.05) is 6.07 Å². The number of benzene rings is 1. The van der Waals surface area contributed by atoms with Crippen molar-refractivity contribution in [2.45, 2.75) is 25.3 Å². The molecule has 1 heterocycles. The van der Waals surface area contributed by atoms with Gasteiger partial charge in [-0.1, -0.05) is 18.2 Å². The van der Waals surface area contributed by atoms with Gasteiger partial charge in [-0.05, 0) is 31.4 Å². The fourth-order valence-corrected chi connectivity index (χ4v) is 3.32. The van der Waals surface area contributed by atoms with Gasteiger partial charge in [-0.15, -0.1) is 0 Å². The molecule has 1 aliphatic carbocycles. The number of carbonyl (C=O) groups excluding carboxylic acids is 3. The highest BCUT2D eigenvalue weighted by atomic mass is 16.5. The number of methoxy groups -OCH3 is 1. The van der Waals surface area contributed by atoms with Gasteiger partial charge in [0, 0.05) is 6.04 Å². The summed E-state index contributed by atoms with van der Waals surface area (Å²) in [4.78, 5) is 37.8. The summed E-state index contributed by atoms with van der Waals surface area (Å²) < 4.78 is 4.77. The molecule has 6 nitrogen and oxygen atoms in total. The maximum Gasteiger partial charge on any atom is 0.328 e. The number of carbonyl (C=O) groups is 3. The topological polar surface area (TPSA) is 75.7 Å². The van der Waals surface area contributed by atoms with Gasteiger partial charge in [0.2, 0.25) is 5.91 Å². The summed E-state index contributed by atoms with van der Waals surface area (Å²) in [5.74, 6) is -0.990. The minimum Gasteiger partial charge on any atom is -0.469 e. The summed E-state index contributed by atoms with van der Waals surface area (Å²) in [6.07, 6.45) is 1.64. The Morgan fingerprint density at radius 1 is 1.23 bits per heavy atom. The first kappa shape index (κ1) is 14.6. The largest absolute Gasteiger partial charge is 0.469 e. The van der Waals surface area contributed by atoms with Crippen molar-refractivity contribution in [1.82, 2.24) is 5.32 Å². The summed E-state index contributed by atoms with van der Waals surface area (Å²) in [5, 5.41) is 2.86. The van der Waals surface area contributed by atoms with Crippen molar-refractivity contribution in [2.24, 2.45) is 11.8 Å². The van der Waals surface area contributed by atoms with E-state index in [-0.39, 0.29) is 29.8 Å². The predicted octanol–water partition coefficient (Wildman–Crippen LogP) is 1.70. The number of para-hydroxylation sites is 1. The van der Waals surface area contributed by atoms with E-state index >= 15 is 0 Å². The third-order valence-corrected chi connectivity index (χ3v) is 4.45. The molecule has 1 aromatic rings. The number of fused-ring (bicyclic) bond motifs is 1. The molecule has 2 fully saturated rings. The van der Waals surface area contributed by atoms with Crippen LogP contribution in [-0.4, -0.2) is 31.1 Å². The van der Waals surface area contributed by atoms with Crippen molar-refractivity contribution in [3.8, 4) is 0 Å². The molecule has 3 unspecified atom stereocenters. The maximum atomic E-state index is 12.7. The van der Waals surface area contributed by atoms with Crippen LogP contribution in [0.2, 0.25) is 0 Å². The molecule has 22 heavy (non-hydrogen) atoms. The van der Waals surface area contributed by atoms with Crippen LogP contribution in [0.25, 0.3) is 0 Å². The van der Waals surface area contributed by atoms with E-state index in [1.54, 1.807) is 24.3 Å². The van der Waals surface area contributed by atoms with E-state index in [1.165, 1.54) is 12.0 Å². The van der Waals surface area contributed by atoms with Crippen LogP contribution in [-0.2, 0) is 14.3 Å². The SMILES string of the molecule is COC(=O)C1CCC2C(=O)N(c3ccccc3)C(=O)NC2C1. The van der Waals surface area contributed by atoms with Gasteiger partial charge in [0.05, 0.1) is 24.6 Å². The first-order chi connectivity index (χ1) is 10.6. The van der Waals surface area contributed by atoms with Gasteiger partial charge in [-0.2, -0.15) is 0 Å². The lowest BCUT2D eigenvalue weighted by molar-refractivity contribution is -0.148. The Morgan fingerprint density at radius 3 is 2.64 bits per heavy atom. The lowest BCUT2D eigenvalue weighted by atomic mass is 9.76. The number of urea groups is 1. The second kappa shape index (κ2) is 5.79. The smallest absolute Gasteiger partial charge is 0.328 e. The van der Waals surface area contributed by atoms with E-state index in [9.17, 15) is 14.4 Å². The molecule has 1 saturated carbocycles. The zero-order chi connectivity index (χ0) is 15.7. The maximum absolute atomic E-state index is 12.7. The van der Waals surface area contributed by atoms with Crippen molar-refractivity contribution < 1.29 is 19.1 Å². The summed E-state index contributed by atoms with van der Waals surface area (Å²) in [6.45, 7) is 0. The number of hydrogen-bond donors (Lipinski definition) is 1. The van der Waals surface area contributed by atoms with Crippen LogP contribution in [0.4, 0.5) is 10.5 Å². The Morgan fingerprint density at radius 2 is 1.95 bits per heavy atom. The van der Waals surface area contributed by atoms with E-state index in [4.69, 9.17) is 4.74 Å². The summed E-state index contributed by atoms with van der Waals surface area (Å²) >= 11 is 0. The fourth-order valence-electron chi connectivity index (χ4n) is 3.32. The second-order valence-electron chi connectivity index (χ2n) is 5.70. The van der Waals surface area contributed by atoms with Crippen LogP contribution in [0.1, 0.15) is 19.3 Å². The lowest BCUT2D eigenvalue weighted by Crippen LogP contribution is -2.62. The van der Waals surface area contributed by atoms with Crippen LogP contribution < -0.4 is 10.2 Å². The Kier molecular flexibility index (Phi) is 3.83. The molecule has 0 bridgehead atoms. The minimum absolute atomic E-state index is 0.191. The van der Waals surface area contributed by atoms with Crippen molar-refractivity contribution in [1.29, 1.82) is 0 Å². The molecule has 2 aliphatic rings. The monoisotopic (exact) mass is 302 g/mol. The average Bonchev–Trinajstić information content (AvgIpc) is 2.54. The van der Waals surface area contributed by atoms with Gasteiger partial charge in [0.15, 0.2) is 0 Å². The third kappa shape index (κ3) is 2.45. The lowest BCUT2D eigenvalue weighted by Gasteiger charge is -2.41. The van der Waals surface area contributed by atoms with Gasteiger partial charge >= 0.3 is 12.0 Å². The number of nitrogens with one attached hydrogen (secondary N) is 1. The molecular formula is C16H18N2O4. The number of hydrogen-bond acceptors (Lipinski definition) is 4. The van der Waals surface area contributed by atoms with E-state index in [2.05, 4.69) is 5.32 Å².